The molecule has 0 aromatic heterocycles. The minimum absolute atomic E-state index is 0.0552. The fourth-order valence-electron chi connectivity index (χ4n) is 1.74. The number of rotatable bonds is 4. The van der Waals surface area contributed by atoms with E-state index in [4.69, 9.17) is 16.9 Å². The highest BCUT2D eigenvalue weighted by atomic mass is 35.5. The molecule has 0 saturated heterocycles. The Balaban J connectivity index is 3.09. The highest BCUT2D eigenvalue weighted by molar-refractivity contribution is 6.17. The number of benzene rings is 1. The van der Waals surface area contributed by atoms with Crippen LogP contribution in [-0.2, 0) is 12.1 Å². The largest absolute Gasteiger partial charge is 0.416 e. The van der Waals surface area contributed by atoms with Crippen LogP contribution in [0.5, 0.6) is 0 Å². The fourth-order valence-corrected chi connectivity index (χ4v) is 1.97. The molecule has 1 unspecified atom stereocenters. The first-order chi connectivity index (χ1) is 8.79. The zero-order valence-electron chi connectivity index (χ0n) is 10.6. The van der Waals surface area contributed by atoms with Gasteiger partial charge in [-0.3, -0.25) is 0 Å². The van der Waals surface area contributed by atoms with Gasteiger partial charge in [-0.05, 0) is 24.6 Å². The van der Waals surface area contributed by atoms with E-state index in [1.54, 1.807) is 24.9 Å². The monoisotopic (exact) mass is 290 g/mol. The van der Waals surface area contributed by atoms with Crippen LogP contribution in [-0.4, -0.2) is 13.6 Å². The molecule has 0 bridgehead atoms. The van der Waals surface area contributed by atoms with E-state index in [1.165, 1.54) is 6.07 Å². The van der Waals surface area contributed by atoms with Gasteiger partial charge in [-0.1, -0.05) is 6.07 Å². The SMILES string of the molecule is CC(C#N)CN(C)c1ccc(CCl)c(C(F)(F)F)c1. The van der Waals surface area contributed by atoms with Gasteiger partial charge in [0.1, 0.15) is 0 Å². The molecule has 1 rings (SSSR count). The lowest BCUT2D eigenvalue weighted by Crippen LogP contribution is -2.23. The van der Waals surface area contributed by atoms with Crippen molar-refractivity contribution in [2.24, 2.45) is 5.92 Å². The molecule has 19 heavy (non-hydrogen) atoms. The van der Waals surface area contributed by atoms with Gasteiger partial charge >= 0.3 is 6.18 Å². The summed E-state index contributed by atoms with van der Waals surface area (Å²) in [5.41, 5.74) is -0.251. The molecule has 6 heteroatoms. The van der Waals surface area contributed by atoms with Crippen molar-refractivity contribution in [3.63, 3.8) is 0 Å². The molecule has 0 heterocycles. The maximum atomic E-state index is 12.9. The van der Waals surface area contributed by atoms with Crippen molar-refractivity contribution in [2.75, 3.05) is 18.5 Å². The van der Waals surface area contributed by atoms with Crippen LogP contribution in [0.25, 0.3) is 0 Å². The van der Waals surface area contributed by atoms with E-state index in [0.29, 0.717) is 12.2 Å². The molecule has 1 aromatic rings. The van der Waals surface area contributed by atoms with Crippen LogP contribution in [0.3, 0.4) is 0 Å². The topological polar surface area (TPSA) is 27.0 Å². The normalized spacial score (nSPS) is 12.9. The second kappa shape index (κ2) is 6.16. The Morgan fingerprint density at radius 1 is 1.42 bits per heavy atom. The summed E-state index contributed by atoms with van der Waals surface area (Å²) in [5, 5.41) is 8.72. The summed E-state index contributed by atoms with van der Waals surface area (Å²) in [7, 11) is 1.66. The highest BCUT2D eigenvalue weighted by Gasteiger charge is 2.33. The molecule has 0 amide bonds. The maximum Gasteiger partial charge on any atom is 0.416 e. The maximum absolute atomic E-state index is 12.9. The lowest BCUT2D eigenvalue weighted by molar-refractivity contribution is -0.138. The first kappa shape index (κ1) is 15.6. The van der Waals surface area contributed by atoms with Gasteiger partial charge < -0.3 is 4.90 Å². The Kier molecular flexibility index (Phi) is 5.07. The Morgan fingerprint density at radius 2 is 2.05 bits per heavy atom. The Bertz CT molecular complexity index is 480. The van der Waals surface area contributed by atoms with Crippen LogP contribution in [0.2, 0.25) is 0 Å². The van der Waals surface area contributed by atoms with Crippen molar-refractivity contribution in [2.45, 2.75) is 19.0 Å². The van der Waals surface area contributed by atoms with Crippen LogP contribution in [0.1, 0.15) is 18.1 Å². The van der Waals surface area contributed by atoms with Gasteiger partial charge in [0.2, 0.25) is 0 Å². The summed E-state index contributed by atoms with van der Waals surface area (Å²) in [6.45, 7) is 2.09. The molecule has 1 aromatic carbocycles. The molecule has 0 aliphatic heterocycles. The van der Waals surface area contributed by atoms with E-state index in [0.717, 1.165) is 6.07 Å². The average molecular weight is 291 g/mol. The quantitative estimate of drug-likeness (QED) is 0.783. The van der Waals surface area contributed by atoms with Gasteiger partial charge in [-0.15, -0.1) is 11.6 Å². The molecule has 2 nitrogen and oxygen atoms in total. The Hall–Kier alpha value is -1.41. The van der Waals surface area contributed by atoms with Crippen molar-refractivity contribution < 1.29 is 13.2 Å². The predicted octanol–water partition coefficient (Wildman–Crippen LogP) is 4.04. The predicted molar refractivity (Wildman–Crippen MR) is 69.0 cm³/mol. The molecular formula is C13H14ClF3N2. The summed E-state index contributed by atoms with van der Waals surface area (Å²) >= 11 is 5.52. The number of alkyl halides is 4. The number of halogens is 4. The Morgan fingerprint density at radius 3 is 2.53 bits per heavy atom. The van der Waals surface area contributed by atoms with Crippen LogP contribution < -0.4 is 4.90 Å². The van der Waals surface area contributed by atoms with Crippen molar-refractivity contribution in [1.29, 1.82) is 5.26 Å². The highest BCUT2D eigenvalue weighted by Crippen LogP contribution is 2.35. The second-order valence-corrected chi connectivity index (χ2v) is 4.65. The number of hydrogen-bond acceptors (Lipinski definition) is 2. The third-order valence-electron chi connectivity index (χ3n) is 2.75. The van der Waals surface area contributed by atoms with Crippen molar-refractivity contribution in [3.05, 3.63) is 29.3 Å². The third kappa shape index (κ3) is 4.03. The lowest BCUT2D eigenvalue weighted by atomic mass is 10.1. The van der Waals surface area contributed by atoms with E-state index in [9.17, 15) is 13.2 Å². The molecule has 0 spiro atoms. The molecule has 0 radical (unpaired) electrons. The Labute approximate surface area is 115 Å². The number of hydrogen-bond donors (Lipinski definition) is 0. The minimum Gasteiger partial charge on any atom is -0.373 e. The first-order valence-corrected chi connectivity index (χ1v) is 6.20. The molecule has 0 fully saturated rings. The molecule has 0 saturated carbocycles. The zero-order valence-corrected chi connectivity index (χ0v) is 11.4. The summed E-state index contributed by atoms with van der Waals surface area (Å²) in [6.07, 6.45) is -4.43. The average Bonchev–Trinajstić information content (AvgIpc) is 2.36. The third-order valence-corrected chi connectivity index (χ3v) is 3.04. The summed E-state index contributed by atoms with van der Waals surface area (Å²) < 4.78 is 38.6. The van der Waals surface area contributed by atoms with Gasteiger partial charge in [-0.2, -0.15) is 18.4 Å². The molecular weight excluding hydrogens is 277 g/mol. The molecule has 0 aliphatic rings. The standard InChI is InChI=1S/C13H14ClF3N2/c1-9(7-18)8-19(2)11-4-3-10(6-14)12(5-11)13(15,16)17/h3-5,9H,6,8H2,1-2H3. The second-order valence-electron chi connectivity index (χ2n) is 4.38. The van der Waals surface area contributed by atoms with Crippen molar-refractivity contribution in [3.8, 4) is 6.07 Å². The van der Waals surface area contributed by atoms with E-state index in [1.807, 2.05) is 6.07 Å². The van der Waals surface area contributed by atoms with E-state index in [2.05, 4.69) is 0 Å². The molecule has 0 aliphatic carbocycles. The smallest absolute Gasteiger partial charge is 0.373 e. The molecule has 0 N–H and O–H groups in total. The fraction of sp³-hybridized carbons (Fsp3) is 0.462. The number of anilines is 1. The summed E-state index contributed by atoms with van der Waals surface area (Å²) in [4.78, 5) is 1.63. The number of nitrogens with zero attached hydrogens (tertiary/aromatic N) is 2. The van der Waals surface area contributed by atoms with Gasteiger partial charge in [0, 0.05) is 25.2 Å². The van der Waals surface area contributed by atoms with Crippen LogP contribution in [0.15, 0.2) is 18.2 Å². The van der Waals surface area contributed by atoms with Gasteiger partial charge in [0.05, 0.1) is 17.6 Å². The van der Waals surface area contributed by atoms with E-state index >= 15 is 0 Å². The zero-order chi connectivity index (χ0) is 14.6. The van der Waals surface area contributed by atoms with Crippen LogP contribution in [0, 0.1) is 17.2 Å². The summed E-state index contributed by atoms with van der Waals surface area (Å²) in [5.74, 6) is -0.444. The summed E-state index contributed by atoms with van der Waals surface area (Å²) in [6, 6.07) is 6.07. The van der Waals surface area contributed by atoms with Gasteiger partial charge in [0.25, 0.3) is 0 Å². The van der Waals surface area contributed by atoms with E-state index < -0.39 is 11.7 Å². The van der Waals surface area contributed by atoms with Gasteiger partial charge in [0.15, 0.2) is 0 Å². The van der Waals surface area contributed by atoms with Crippen molar-refractivity contribution in [1.82, 2.24) is 0 Å². The molecule has 1 atom stereocenters. The first-order valence-electron chi connectivity index (χ1n) is 5.66. The molecule has 104 valence electrons. The van der Waals surface area contributed by atoms with Crippen molar-refractivity contribution >= 4 is 17.3 Å². The van der Waals surface area contributed by atoms with Gasteiger partial charge in [-0.25, -0.2) is 0 Å². The number of nitriles is 1. The van der Waals surface area contributed by atoms with Crippen LogP contribution in [0.4, 0.5) is 18.9 Å². The minimum atomic E-state index is -4.43. The lowest BCUT2D eigenvalue weighted by Gasteiger charge is -2.22. The van der Waals surface area contributed by atoms with E-state index in [-0.39, 0.29) is 17.4 Å². The van der Waals surface area contributed by atoms with Crippen LogP contribution >= 0.6 is 11.6 Å².